The van der Waals surface area contributed by atoms with Gasteiger partial charge in [0.2, 0.25) is 0 Å². The Hall–Kier alpha value is -2.62. The van der Waals surface area contributed by atoms with Crippen molar-refractivity contribution < 1.29 is 14.9 Å². The Bertz CT molecular complexity index is 788. The van der Waals surface area contributed by atoms with Gasteiger partial charge in [0.05, 0.1) is 6.10 Å². The van der Waals surface area contributed by atoms with Crippen molar-refractivity contribution in [3.8, 4) is 5.75 Å². The Balaban J connectivity index is 0.00000101. The van der Waals surface area contributed by atoms with Gasteiger partial charge in [-0.15, -0.1) is 0 Å². The highest BCUT2D eigenvalue weighted by atomic mass is 16.5. The van der Waals surface area contributed by atoms with Gasteiger partial charge in [0.25, 0.3) is 0 Å². The van der Waals surface area contributed by atoms with Crippen molar-refractivity contribution in [3.63, 3.8) is 0 Å². The number of hydrogen-bond donors (Lipinski definition) is 2. The topological polar surface area (TPSA) is 49.7 Å². The molecule has 0 fully saturated rings. The molecule has 3 heteroatoms. The zero-order valence-corrected chi connectivity index (χ0v) is 18.3. The van der Waals surface area contributed by atoms with Gasteiger partial charge in [0.1, 0.15) is 11.4 Å². The third-order valence-corrected chi connectivity index (χ3v) is 4.72. The largest absolute Gasteiger partial charge is 0.508 e. The lowest BCUT2D eigenvalue weighted by Crippen LogP contribution is -2.33. The van der Waals surface area contributed by atoms with Crippen LogP contribution in [0.5, 0.6) is 5.75 Å². The Morgan fingerprint density at radius 1 is 0.767 bits per heavy atom. The summed E-state index contributed by atoms with van der Waals surface area (Å²) in [5, 5.41) is 19.4. The summed E-state index contributed by atoms with van der Waals surface area (Å²) in [6.45, 7) is 6.55. The van der Waals surface area contributed by atoms with Gasteiger partial charge >= 0.3 is 0 Å². The van der Waals surface area contributed by atoms with Crippen LogP contribution in [0.2, 0.25) is 0 Å². The molecule has 2 N–H and O–H groups in total. The minimum atomic E-state index is -0.783. The molecule has 0 aromatic heterocycles. The van der Waals surface area contributed by atoms with Crippen LogP contribution in [-0.4, -0.2) is 22.9 Å². The Kier molecular flexibility index (Phi) is 9.59. The number of aromatic hydroxyl groups is 1. The molecular formula is C27H34O3. The normalized spacial score (nSPS) is 12.0. The number of hydrogen-bond acceptors (Lipinski definition) is 3. The first-order valence-corrected chi connectivity index (χ1v) is 10.8. The van der Waals surface area contributed by atoms with Gasteiger partial charge < -0.3 is 14.9 Å². The first-order valence-electron chi connectivity index (χ1n) is 10.8. The third kappa shape index (κ3) is 6.19. The minimum absolute atomic E-state index is 0.225. The van der Waals surface area contributed by atoms with Crippen molar-refractivity contribution in [3.05, 3.63) is 102 Å². The molecule has 0 heterocycles. The standard InChI is InChI=1S/C24H26O3.C3H8/c1-19(25)9-8-18-27-24(20-10-4-2-5-11-20,21-12-6-3-7-13-21)22-14-16-23(26)17-15-22;1-3-2/h2-7,10-17,19,25-26H,8-9,18H2,1H3;3H2,1-2H3. The summed E-state index contributed by atoms with van der Waals surface area (Å²) in [6.07, 6.45) is 2.36. The van der Waals surface area contributed by atoms with Crippen molar-refractivity contribution in [2.75, 3.05) is 6.61 Å². The van der Waals surface area contributed by atoms with Gasteiger partial charge in [-0.3, -0.25) is 0 Å². The Labute approximate surface area is 181 Å². The minimum Gasteiger partial charge on any atom is -0.508 e. The maximum Gasteiger partial charge on any atom is 0.143 e. The third-order valence-electron chi connectivity index (χ3n) is 4.72. The quantitative estimate of drug-likeness (QED) is 0.342. The maximum atomic E-state index is 9.77. The number of aliphatic hydroxyl groups excluding tert-OH is 1. The predicted octanol–water partition coefficient (Wildman–Crippen LogP) is 6.28. The second-order valence-corrected chi connectivity index (χ2v) is 7.51. The molecule has 0 saturated heterocycles. The number of ether oxygens (including phenoxy) is 1. The molecule has 0 amide bonds. The number of phenolic OH excluding ortho intramolecular Hbond substituents is 1. The second kappa shape index (κ2) is 12.2. The Morgan fingerprint density at radius 3 is 1.63 bits per heavy atom. The lowest BCUT2D eigenvalue weighted by atomic mass is 9.80. The van der Waals surface area contributed by atoms with Crippen LogP contribution in [-0.2, 0) is 10.3 Å². The smallest absolute Gasteiger partial charge is 0.143 e. The molecule has 0 spiro atoms. The molecule has 30 heavy (non-hydrogen) atoms. The van der Waals surface area contributed by atoms with Crippen molar-refractivity contribution in [1.29, 1.82) is 0 Å². The zero-order chi connectivity index (χ0) is 21.8. The average Bonchev–Trinajstić information content (AvgIpc) is 2.76. The van der Waals surface area contributed by atoms with E-state index in [0.717, 1.165) is 23.1 Å². The highest BCUT2D eigenvalue weighted by molar-refractivity contribution is 5.48. The van der Waals surface area contributed by atoms with Crippen LogP contribution in [0.1, 0.15) is 56.7 Å². The summed E-state index contributed by atoms with van der Waals surface area (Å²) in [5.74, 6) is 0.225. The van der Waals surface area contributed by atoms with E-state index in [1.54, 1.807) is 19.1 Å². The number of phenols is 1. The molecule has 3 rings (SSSR count). The first kappa shape index (κ1) is 23.7. The highest BCUT2D eigenvalue weighted by Gasteiger charge is 2.37. The van der Waals surface area contributed by atoms with E-state index in [0.29, 0.717) is 13.0 Å². The van der Waals surface area contributed by atoms with Crippen molar-refractivity contribution in [2.24, 2.45) is 0 Å². The van der Waals surface area contributed by atoms with E-state index in [-0.39, 0.29) is 11.9 Å². The van der Waals surface area contributed by atoms with E-state index in [9.17, 15) is 10.2 Å². The SMILES string of the molecule is CC(O)CCCOC(c1ccccc1)(c1ccccc1)c1ccc(O)cc1.CCC. The maximum absolute atomic E-state index is 9.77. The van der Waals surface area contributed by atoms with Crippen molar-refractivity contribution >= 4 is 0 Å². The fourth-order valence-electron chi connectivity index (χ4n) is 3.40. The van der Waals surface area contributed by atoms with Crippen LogP contribution in [0.15, 0.2) is 84.9 Å². The average molecular weight is 407 g/mol. The van der Waals surface area contributed by atoms with E-state index in [4.69, 9.17) is 4.74 Å². The van der Waals surface area contributed by atoms with Crippen molar-refractivity contribution in [2.45, 2.75) is 51.7 Å². The second-order valence-electron chi connectivity index (χ2n) is 7.51. The predicted molar refractivity (Wildman–Crippen MR) is 124 cm³/mol. The highest BCUT2D eigenvalue weighted by Crippen LogP contribution is 2.41. The monoisotopic (exact) mass is 406 g/mol. The zero-order valence-electron chi connectivity index (χ0n) is 18.3. The molecule has 0 bridgehead atoms. The van der Waals surface area contributed by atoms with E-state index < -0.39 is 5.60 Å². The van der Waals surface area contributed by atoms with Crippen LogP contribution in [0.4, 0.5) is 0 Å². The van der Waals surface area contributed by atoms with E-state index >= 15 is 0 Å². The van der Waals surface area contributed by atoms with E-state index in [1.807, 2.05) is 48.5 Å². The number of rotatable bonds is 8. The first-order chi connectivity index (χ1) is 14.5. The molecule has 160 valence electrons. The van der Waals surface area contributed by atoms with E-state index in [2.05, 4.69) is 38.1 Å². The summed E-state index contributed by atoms with van der Waals surface area (Å²) >= 11 is 0. The molecule has 0 aliphatic carbocycles. The number of benzene rings is 3. The summed E-state index contributed by atoms with van der Waals surface area (Å²) in [5.41, 5.74) is 2.22. The lowest BCUT2D eigenvalue weighted by Gasteiger charge is -2.36. The summed E-state index contributed by atoms with van der Waals surface area (Å²) in [4.78, 5) is 0. The van der Waals surface area contributed by atoms with Gasteiger partial charge in [-0.2, -0.15) is 0 Å². The van der Waals surface area contributed by atoms with Gasteiger partial charge in [0, 0.05) is 6.61 Å². The van der Waals surface area contributed by atoms with E-state index in [1.165, 1.54) is 6.42 Å². The molecule has 3 aromatic carbocycles. The molecule has 0 radical (unpaired) electrons. The van der Waals surface area contributed by atoms with Crippen LogP contribution in [0, 0.1) is 0 Å². The summed E-state index contributed by atoms with van der Waals surface area (Å²) in [7, 11) is 0. The molecule has 0 aliphatic heterocycles. The fraction of sp³-hybridized carbons (Fsp3) is 0.333. The van der Waals surface area contributed by atoms with Crippen LogP contribution >= 0.6 is 0 Å². The van der Waals surface area contributed by atoms with Gasteiger partial charge in [0.15, 0.2) is 0 Å². The fourth-order valence-corrected chi connectivity index (χ4v) is 3.40. The van der Waals surface area contributed by atoms with Gasteiger partial charge in [-0.1, -0.05) is 93.1 Å². The number of aliphatic hydroxyl groups is 1. The molecular weight excluding hydrogens is 372 g/mol. The van der Waals surface area contributed by atoms with Gasteiger partial charge in [-0.05, 0) is 48.6 Å². The molecule has 0 saturated carbocycles. The molecule has 1 unspecified atom stereocenters. The Morgan fingerprint density at radius 2 is 1.20 bits per heavy atom. The summed E-state index contributed by atoms with van der Waals surface area (Å²) in [6, 6.07) is 27.5. The van der Waals surface area contributed by atoms with Crippen LogP contribution < -0.4 is 0 Å². The van der Waals surface area contributed by atoms with Gasteiger partial charge in [-0.25, -0.2) is 0 Å². The van der Waals surface area contributed by atoms with Crippen LogP contribution in [0.3, 0.4) is 0 Å². The lowest BCUT2D eigenvalue weighted by molar-refractivity contribution is 0.00670. The molecule has 3 aromatic rings. The molecule has 1 atom stereocenters. The van der Waals surface area contributed by atoms with Crippen molar-refractivity contribution in [1.82, 2.24) is 0 Å². The summed E-state index contributed by atoms with van der Waals surface area (Å²) < 4.78 is 6.59. The molecule has 0 aliphatic rings. The van der Waals surface area contributed by atoms with Crippen LogP contribution in [0.25, 0.3) is 0 Å². The molecule has 3 nitrogen and oxygen atoms in total.